The molecule has 2 aromatic carbocycles. The molecule has 1 heterocycles. The largest absolute Gasteiger partial charge is 0.452 e. The highest BCUT2D eigenvalue weighted by molar-refractivity contribution is 6.06. The molecule has 0 bridgehead atoms. The zero-order chi connectivity index (χ0) is 23.1. The number of fused-ring (bicyclic) bond motifs is 1. The van der Waals surface area contributed by atoms with E-state index in [4.69, 9.17) is 9.72 Å². The maximum atomic E-state index is 13.0. The molecular weight excluding hydrogens is 406 g/mol. The fraction of sp³-hybridized carbons (Fsp3) is 0.280. The molecule has 0 saturated carbocycles. The number of hydrogen-bond donors (Lipinski definition) is 2. The number of rotatable bonds is 8. The summed E-state index contributed by atoms with van der Waals surface area (Å²) < 4.78 is 5.39. The zero-order valence-corrected chi connectivity index (χ0v) is 18.5. The Bertz CT molecular complexity index is 1140. The number of amides is 2. The molecule has 0 fully saturated rings. The molecular formula is C25H27N3O4. The molecule has 0 aliphatic carbocycles. The lowest BCUT2D eigenvalue weighted by Gasteiger charge is -2.15. The van der Waals surface area contributed by atoms with E-state index < -0.39 is 18.5 Å². The highest BCUT2D eigenvalue weighted by atomic mass is 16.5. The normalized spacial score (nSPS) is 10.6. The van der Waals surface area contributed by atoms with Crippen molar-refractivity contribution in [2.45, 2.75) is 40.0 Å². The molecule has 0 radical (unpaired) electrons. The molecule has 3 rings (SSSR count). The van der Waals surface area contributed by atoms with Crippen LogP contribution in [0.15, 0.2) is 48.5 Å². The van der Waals surface area contributed by atoms with Gasteiger partial charge in [0.25, 0.3) is 5.91 Å². The topological polar surface area (TPSA) is 97.4 Å². The summed E-state index contributed by atoms with van der Waals surface area (Å²) >= 11 is 0. The number of nitrogens with zero attached hydrogens (tertiary/aromatic N) is 1. The van der Waals surface area contributed by atoms with Gasteiger partial charge in [0, 0.05) is 29.4 Å². The summed E-state index contributed by atoms with van der Waals surface area (Å²) in [7, 11) is 0. The highest BCUT2D eigenvalue weighted by Crippen LogP contribution is 2.26. The van der Waals surface area contributed by atoms with Crippen LogP contribution in [0.2, 0.25) is 0 Å². The Labute approximate surface area is 187 Å². The molecule has 0 atom stereocenters. The van der Waals surface area contributed by atoms with Crippen LogP contribution in [0.25, 0.3) is 10.9 Å². The van der Waals surface area contributed by atoms with Crippen molar-refractivity contribution in [3.8, 4) is 0 Å². The van der Waals surface area contributed by atoms with E-state index in [-0.39, 0.29) is 5.91 Å². The minimum absolute atomic E-state index is 0.175. The molecule has 7 heteroatoms. The predicted molar refractivity (Wildman–Crippen MR) is 125 cm³/mol. The van der Waals surface area contributed by atoms with Gasteiger partial charge < -0.3 is 15.4 Å². The summed E-state index contributed by atoms with van der Waals surface area (Å²) in [6.45, 7) is 5.07. The number of carbonyl (C=O) groups is 3. The third-order valence-corrected chi connectivity index (χ3v) is 4.95. The second-order valence-electron chi connectivity index (χ2n) is 7.42. The van der Waals surface area contributed by atoms with Crippen molar-refractivity contribution in [1.82, 2.24) is 4.98 Å². The number of nitrogens with one attached hydrogen (secondary N) is 2. The molecule has 0 saturated heterocycles. The monoisotopic (exact) mass is 433 g/mol. The van der Waals surface area contributed by atoms with Crippen LogP contribution in [0.4, 0.5) is 11.4 Å². The molecule has 0 aliphatic heterocycles. The summed E-state index contributed by atoms with van der Waals surface area (Å²) in [5, 5.41) is 6.07. The van der Waals surface area contributed by atoms with E-state index in [1.807, 2.05) is 31.2 Å². The number of esters is 1. The van der Waals surface area contributed by atoms with Crippen LogP contribution in [0.1, 0.15) is 48.8 Å². The quantitative estimate of drug-likeness (QED) is 0.510. The Morgan fingerprint density at radius 2 is 1.59 bits per heavy atom. The Morgan fingerprint density at radius 3 is 2.22 bits per heavy atom. The van der Waals surface area contributed by atoms with E-state index in [1.165, 1.54) is 6.92 Å². The summed E-state index contributed by atoms with van der Waals surface area (Å²) in [6.07, 6.45) is 2.32. The van der Waals surface area contributed by atoms with Gasteiger partial charge in [-0.05, 0) is 48.7 Å². The Morgan fingerprint density at radius 1 is 0.938 bits per heavy atom. The average molecular weight is 434 g/mol. The van der Waals surface area contributed by atoms with Crippen molar-refractivity contribution in [2.24, 2.45) is 0 Å². The first-order valence-corrected chi connectivity index (χ1v) is 10.7. The van der Waals surface area contributed by atoms with Gasteiger partial charge >= 0.3 is 5.97 Å². The van der Waals surface area contributed by atoms with Crippen molar-refractivity contribution >= 4 is 40.1 Å². The fourth-order valence-corrected chi connectivity index (χ4v) is 3.60. The van der Waals surface area contributed by atoms with E-state index in [9.17, 15) is 14.4 Å². The fourth-order valence-electron chi connectivity index (χ4n) is 3.60. The van der Waals surface area contributed by atoms with Crippen LogP contribution >= 0.6 is 0 Å². The number of anilines is 2. The molecule has 2 N–H and O–H groups in total. The van der Waals surface area contributed by atoms with Crippen molar-refractivity contribution in [3.63, 3.8) is 0 Å². The number of aryl methyl sites for hydroxylation is 1. The van der Waals surface area contributed by atoms with E-state index in [2.05, 4.69) is 17.6 Å². The van der Waals surface area contributed by atoms with Gasteiger partial charge in [0.2, 0.25) is 5.91 Å². The van der Waals surface area contributed by atoms with Crippen molar-refractivity contribution in [3.05, 3.63) is 65.4 Å². The lowest BCUT2D eigenvalue weighted by atomic mass is 9.96. The van der Waals surface area contributed by atoms with E-state index >= 15 is 0 Å². The van der Waals surface area contributed by atoms with Crippen molar-refractivity contribution in [1.29, 1.82) is 0 Å². The molecule has 166 valence electrons. The average Bonchev–Trinajstić information content (AvgIpc) is 2.77. The number of aromatic nitrogens is 1. The van der Waals surface area contributed by atoms with Gasteiger partial charge in [-0.2, -0.15) is 0 Å². The van der Waals surface area contributed by atoms with E-state index in [1.54, 1.807) is 24.3 Å². The number of benzene rings is 2. The summed E-state index contributed by atoms with van der Waals surface area (Å²) in [5.41, 5.74) is 4.14. The number of pyridine rings is 1. The zero-order valence-electron chi connectivity index (χ0n) is 18.5. The van der Waals surface area contributed by atoms with Crippen molar-refractivity contribution < 1.29 is 19.1 Å². The molecule has 1 aromatic heterocycles. The van der Waals surface area contributed by atoms with Gasteiger partial charge in [-0.15, -0.1) is 0 Å². The van der Waals surface area contributed by atoms with Crippen LogP contribution < -0.4 is 10.6 Å². The summed E-state index contributed by atoms with van der Waals surface area (Å²) in [4.78, 5) is 41.2. The van der Waals surface area contributed by atoms with Gasteiger partial charge in [-0.1, -0.05) is 38.5 Å². The van der Waals surface area contributed by atoms with Crippen LogP contribution in [0, 0.1) is 0 Å². The van der Waals surface area contributed by atoms with Crippen LogP contribution in [0.5, 0.6) is 0 Å². The first-order chi connectivity index (χ1) is 15.4. The second kappa shape index (κ2) is 10.5. The third-order valence-electron chi connectivity index (χ3n) is 4.95. The van der Waals surface area contributed by atoms with Crippen LogP contribution in [-0.2, 0) is 27.2 Å². The minimum atomic E-state index is -0.533. The highest BCUT2D eigenvalue weighted by Gasteiger charge is 2.21. The van der Waals surface area contributed by atoms with E-state index in [0.29, 0.717) is 23.4 Å². The smallest absolute Gasteiger partial charge is 0.339 e. The number of para-hydroxylation sites is 1. The van der Waals surface area contributed by atoms with Gasteiger partial charge in [-0.3, -0.25) is 14.6 Å². The van der Waals surface area contributed by atoms with Crippen LogP contribution in [-0.4, -0.2) is 29.4 Å². The minimum Gasteiger partial charge on any atom is -0.452 e. The first-order valence-electron chi connectivity index (χ1n) is 10.7. The van der Waals surface area contributed by atoms with Crippen LogP contribution in [0.3, 0.4) is 0 Å². The van der Waals surface area contributed by atoms with E-state index in [0.717, 1.165) is 35.0 Å². The Kier molecular flexibility index (Phi) is 7.54. The number of hydrogen-bond acceptors (Lipinski definition) is 5. The first kappa shape index (κ1) is 22.9. The Balaban J connectivity index is 1.74. The molecule has 0 unspecified atom stereocenters. The predicted octanol–water partition coefficient (Wildman–Crippen LogP) is 4.50. The maximum Gasteiger partial charge on any atom is 0.339 e. The SMILES string of the molecule is CCCc1nc2ccccc2c(C(=O)OCC(=O)Nc2ccc(NC(C)=O)cc2)c1CC. The molecule has 0 aliphatic rings. The third kappa shape index (κ3) is 5.49. The standard InChI is InChI=1S/C25H27N3O4/c1-4-8-21-19(5-2)24(20-9-6-7-10-22(20)28-21)25(31)32-15-23(30)27-18-13-11-17(12-14-18)26-16(3)29/h6-7,9-14H,4-5,8,15H2,1-3H3,(H,26,29)(H,27,30). The lowest BCUT2D eigenvalue weighted by Crippen LogP contribution is -2.22. The molecule has 32 heavy (non-hydrogen) atoms. The van der Waals surface area contributed by atoms with Gasteiger partial charge in [-0.25, -0.2) is 4.79 Å². The lowest BCUT2D eigenvalue weighted by molar-refractivity contribution is -0.119. The van der Waals surface area contributed by atoms with Gasteiger partial charge in [0.05, 0.1) is 11.1 Å². The Hall–Kier alpha value is -3.74. The number of ether oxygens (including phenoxy) is 1. The summed E-state index contributed by atoms with van der Waals surface area (Å²) in [5.74, 6) is -1.16. The second-order valence-corrected chi connectivity index (χ2v) is 7.42. The molecule has 2 amide bonds. The maximum absolute atomic E-state index is 13.0. The van der Waals surface area contributed by atoms with Gasteiger partial charge in [0.15, 0.2) is 6.61 Å². The van der Waals surface area contributed by atoms with Gasteiger partial charge in [0.1, 0.15) is 0 Å². The number of carbonyl (C=O) groups excluding carboxylic acids is 3. The molecule has 7 nitrogen and oxygen atoms in total. The van der Waals surface area contributed by atoms with Crippen molar-refractivity contribution in [2.75, 3.05) is 17.2 Å². The molecule has 3 aromatic rings. The molecule has 0 spiro atoms. The summed E-state index contributed by atoms with van der Waals surface area (Å²) in [6, 6.07) is 14.1.